The van der Waals surface area contributed by atoms with Crippen LogP contribution in [0.15, 0.2) is 63.8 Å². The van der Waals surface area contributed by atoms with Crippen LogP contribution in [-0.2, 0) is 0 Å². The van der Waals surface area contributed by atoms with Crippen molar-refractivity contribution in [1.29, 1.82) is 0 Å². The van der Waals surface area contributed by atoms with Gasteiger partial charge in [-0.1, -0.05) is 24.3 Å². The van der Waals surface area contributed by atoms with Crippen molar-refractivity contribution in [3.05, 3.63) is 76.1 Å². The van der Waals surface area contributed by atoms with E-state index in [4.69, 9.17) is 4.42 Å². The van der Waals surface area contributed by atoms with E-state index in [1.165, 1.54) is 6.07 Å². The van der Waals surface area contributed by atoms with E-state index >= 15 is 0 Å². The zero-order chi connectivity index (χ0) is 17.8. The Kier molecular flexibility index (Phi) is 4.61. The zero-order valence-corrected chi connectivity index (χ0v) is 13.5. The van der Waals surface area contributed by atoms with Crippen molar-refractivity contribution < 1.29 is 14.0 Å². The summed E-state index contributed by atoms with van der Waals surface area (Å²) >= 11 is 0. The van der Waals surface area contributed by atoms with Gasteiger partial charge in [-0.25, -0.2) is 4.79 Å². The first-order valence-electron chi connectivity index (χ1n) is 7.81. The molecular formula is C19H16N2O4. The maximum Gasteiger partial charge on any atom is 0.349 e. The van der Waals surface area contributed by atoms with Crippen molar-refractivity contribution in [3.8, 4) is 0 Å². The predicted octanol–water partition coefficient (Wildman–Crippen LogP) is 2.80. The maximum absolute atomic E-state index is 12.4. The average molecular weight is 336 g/mol. The SMILES string of the molecule is CCNC(=O)c1cccc(NC(=O)c2cc3ccccc3oc2=O)c1. The molecule has 1 aromatic heterocycles. The van der Waals surface area contributed by atoms with E-state index in [0.717, 1.165) is 0 Å². The molecule has 2 N–H and O–H groups in total. The monoisotopic (exact) mass is 336 g/mol. The quantitative estimate of drug-likeness (QED) is 0.717. The van der Waals surface area contributed by atoms with Crippen LogP contribution in [-0.4, -0.2) is 18.4 Å². The van der Waals surface area contributed by atoms with Crippen LogP contribution in [0.4, 0.5) is 5.69 Å². The van der Waals surface area contributed by atoms with Crippen LogP contribution in [0, 0.1) is 0 Å². The summed E-state index contributed by atoms with van der Waals surface area (Å²) in [5.41, 5.74) is 0.451. The van der Waals surface area contributed by atoms with E-state index < -0.39 is 11.5 Å². The van der Waals surface area contributed by atoms with Gasteiger partial charge in [-0.2, -0.15) is 0 Å². The normalized spacial score (nSPS) is 10.4. The fraction of sp³-hybridized carbons (Fsp3) is 0.105. The number of fused-ring (bicyclic) bond motifs is 1. The molecule has 0 radical (unpaired) electrons. The summed E-state index contributed by atoms with van der Waals surface area (Å²) in [7, 11) is 0. The van der Waals surface area contributed by atoms with Gasteiger partial charge >= 0.3 is 5.63 Å². The standard InChI is InChI=1S/C19H16N2O4/c1-2-20-17(22)13-7-5-8-14(10-13)21-18(23)15-11-12-6-3-4-9-16(12)25-19(15)24/h3-11H,2H2,1H3,(H,20,22)(H,21,23). The van der Waals surface area contributed by atoms with Crippen LogP contribution in [0.3, 0.4) is 0 Å². The first-order chi connectivity index (χ1) is 12.1. The molecule has 0 aliphatic carbocycles. The number of hydrogen-bond donors (Lipinski definition) is 2. The third-order valence-electron chi connectivity index (χ3n) is 3.61. The Bertz CT molecular complexity index is 1010. The first-order valence-corrected chi connectivity index (χ1v) is 7.81. The van der Waals surface area contributed by atoms with E-state index in [9.17, 15) is 14.4 Å². The lowest BCUT2D eigenvalue weighted by molar-refractivity contribution is 0.0954. The van der Waals surface area contributed by atoms with Crippen molar-refractivity contribution in [2.75, 3.05) is 11.9 Å². The Morgan fingerprint density at radius 1 is 1.00 bits per heavy atom. The number of rotatable bonds is 4. The summed E-state index contributed by atoms with van der Waals surface area (Å²) in [5, 5.41) is 5.96. The van der Waals surface area contributed by atoms with E-state index in [2.05, 4.69) is 10.6 Å². The number of nitrogens with one attached hydrogen (secondary N) is 2. The van der Waals surface area contributed by atoms with E-state index in [0.29, 0.717) is 28.8 Å². The minimum atomic E-state index is -0.712. The molecule has 0 atom stereocenters. The van der Waals surface area contributed by atoms with E-state index in [1.54, 1.807) is 48.5 Å². The molecule has 0 fully saturated rings. The topological polar surface area (TPSA) is 88.4 Å². The smallest absolute Gasteiger partial charge is 0.349 e. The van der Waals surface area contributed by atoms with E-state index in [-0.39, 0.29) is 11.5 Å². The number of anilines is 1. The molecule has 6 heteroatoms. The van der Waals surface area contributed by atoms with Gasteiger partial charge in [0.2, 0.25) is 0 Å². The van der Waals surface area contributed by atoms with Gasteiger partial charge < -0.3 is 15.1 Å². The molecule has 0 aliphatic rings. The number of carbonyl (C=O) groups excluding carboxylic acids is 2. The Labute approximate surface area is 143 Å². The molecule has 0 aliphatic heterocycles. The van der Waals surface area contributed by atoms with Gasteiger partial charge in [0, 0.05) is 23.2 Å². The van der Waals surface area contributed by atoms with Crippen molar-refractivity contribution in [3.63, 3.8) is 0 Å². The lowest BCUT2D eigenvalue weighted by Gasteiger charge is -2.07. The highest BCUT2D eigenvalue weighted by Gasteiger charge is 2.14. The van der Waals surface area contributed by atoms with Crippen LogP contribution in [0.5, 0.6) is 0 Å². The summed E-state index contributed by atoms with van der Waals surface area (Å²) in [6, 6.07) is 14.9. The zero-order valence-electron chi connectivity index (χ0n) is 13.5. The lowest BCUT2D eigenvalue weighted by atomic mass is 10.1. The number of amides is 2. The second-order valence-electron chi connectivity index (χ2n) is 5.38. The minimum absolute atomic E-state index is 0.0953. The molecule has 3 aromatic rings. The Morgan fingerprint density at radius 2 is 1.80 bits per heavy atom. The van der Waals surface area contributed by atoms with Crippen molar-refractivity contribution >= 4 is 28.5 Å². The van der Waals surface area contributed by atoms with Crippen molar-refractivity contribution in [2.24, 2.45) is 0 Å². The molecule has 0 saturated carbocycles. The highest BCUT2D eigenvalue weighted by atomic mass is 16.4. The van der Waals surface area contributed by atoms with Crippen molar-refractivity contribution in [1.82, 2.24) is 5.32 Å². The summed E-state index contributed by atoms with van der Waals surface area (Å²) in [5.74, 6) is -0.823. The summed E-state index contributed by atoms with van der Waals surface area (Å²) in [6.45, 7) is 2.33. The van der Waals surface area contributed by atoms with Crippen LogP contribution >= 0.6 is 0 Å². The second-order valence-corrected chi connectivity index (χ2v) is 5.38. The average Bonchev–Trinajstić information content (AvgIpc) is 2.61. The maximum atomic E-state index is 12.4. The third-order valence-corrected chi connectivity index (χ3v) is 3.61. The molecule has 0 spiro atoms. The number of carbonyl (C=O) groups is 2. The Morgan fingerprint density at radius 3 is 2.60 bits per heavy atom. The Hall–Kier alpha value is -3.41. The van der Waals surface area contributed by atoms with Gasteiger partial charge in [0.1, 0.15) is 11.1 Å². The summed E-state index contributed by atoms with van der Waals surface area (Å²) in [4.78, 5) is 36.3. The predicted molar refractivity (Wildman–Crippen MR) is 94.9 cm³/mol. The molecule has 6 nitrogen and oxygen atoms in total. The van der Waals surface area contributed by atoms with Gasteiger partial charge in [0.15, 0.2) is 0 Å². The number of benzene rings is 2. The summed E-state index contributed by atoms with van der Waals surface area (Å²) < 4.78 is 5.17. The Balaban J connectivity index is 1.88. The molecular weight excluding hydrogens is 320 g/mol. The van der Waals surface area contributed by atoms with Crippen LogP contribution in [0.25, 0.3) is 11.0 Å². The molecule has 0 unspecified atom stereocenters. The molecule has 2 amide bonds. The largest absolute Gasteiger partial charge is 0.422 e. The molecule has 3 rings (SSSR count). The number of para-hydroxylation sites is 1. The molecule has 0 saturated heterocycles. The van der Waals surface area contributed by atoms with Gasteiger partial charge in [-0.05, 0) is 37.3 Å². The first kappa shape index (κ1) is 16.4. The molecule has 0 bridgehead atoms. The van der Waals surface area contributed by atoms with Gasteiger partial charge in [-0.3, -0.25) is 9.59 Å². The number of hydrogen-bond acceptors (Lipinski definition) is 4. The van der Waals surface area contributed by atoms with Crippen LogP contribution < -0.4 is 16.3 Å². The highest BCUT2D eigenvalue weighted by molar-refractivity contribution is 6.06. The van der Waals surface area contributed by atoms with Crippen LogP contribution in [0.2, 0.25) is 0 Å². The molecule has 126 valence electrons. The minimum Gasteiger partial charge on any atom is -0.422 e. The molecule has 1 heterocycles. The molecule has 2 aromatic carbocycles. The van der Waals surface area contributed by atoms with E-state index in [1.807, 2.05) is 6.92 Å². The van der Waals surface area contributed by atoms with Gasteiger partial charge in [0.05, 0.1) is 0 Å². The third kappa shape index (κ3) is 3.58. The second kappa shape index (κ2) is 7.00. The fourth-order valence-corrected chi connectivity index (χ4v) is 2.42. The van der Waals surface area contributed by atoms with Gasteiger partial charge in [0.25, 0.3) is 11.8 Å². The van der Waals surface area contributed by atoms with Gasteiger partial charge in [-0.15, -0.1) is 0 Å². The van der Waals surface area contributed by atoms with Crippen molar-refractivity contribution in [2.45, 2.75) is 6.92 Å². The highest BCUT2D eigenvalue weighted by Crippen LogP contribution is 2.15. The lowest BCUT2D eigenvalue weighted by Crippen LogP contribution is -2.23. The molecule has 25 heavy (non-hydrogen) atoms. The van der Waals surface area contributed by atoms with Crippen LogP contribution in [0.1, 0.15) is 27.6 Å². The summed E-state index contributed by atoms with van der Waals surface area (Å²) in [6.07, 6.45) is 0. The fourth-order valence-electron chi connectivity index (χ4n) is 2.42.